The van der Waals surface area contributed by atoms with Crippen molar-refractivity contribution in [3.8, 4) is 0 Å². The van der Waals surface area contributed by atoms with E-state index in [-0.39, 0.29) is 12.8 Å². The van der Waals surface area contributed by atoms with E-state index in [1.54, 1.807) is 0 Å². The fraction of sp³-hybridized carbons (Fsp3) is 0.692. The summed E-state index contributed by atoms with van der Waals surface area (Å²) in [6.45, 7) is -0.736. The van der Waals surface area contributed by atoms with E-state index in [4.69, 9.17) is 4.74 Å². The molecule has 1 N–H and O–H groups in total. The van der Waals surface area contributed by atoms with E-state index in [1.807, 2.05) is 0 Å². The van der Waals surface area contributed by atoms with Gasteiger partial charge in [-0.3, -0.25) is 9.59 Å². The minimum atomic E-state index is -5.19. The molecule has 0 bridgehead atoms. The molecule has 0 aromatic heterocycles. The average Bonchev–Trinajstić information content (AvgIpc) is 2.65. The van der Waals surface area contributed by atoms with Crippen LogP contribution < -0.4 is 5.32 Å². The van der Waals surface area contributed by atoms with Crippen molar-refractivity contribution < 1.29 is 41.8 Å². The summed E-state index contributed by atoms with van der Waals surface area (Å²) in [6.07, 6.45) is -4.36. The summed E-state index contributed by atoms with van der Waals surface area (Å²) in [6, 6.07) is -3.93. The van der Waals surface area contributed by atoms with Crippen molar-refractivity contribution in [1.82, 2.24) is 10.2 Å². The molecule has 0 aliphatic carbocycles. The van der Waals surface area contributed by atoms with Gasteiger partial charge in [-0.1, -0.05) is 0 Å². The van der Waals surface area contributed by atoms with Crippen LogP contribution in [-0.4, -0.2) is 66.7 Å². The first-order chi connectivity index (χ1) is 11.2. The summed E-state index contributed by atoms with van der Waals surface area (Å²) in [5.74, 6) is -4.94. The molecule has 2 fully saturated rings. The van der Waals surface area contributed by atoms with E-state index in [0.29, 0.717) is 6.42 Å². The van der Waals surface area contributed by atoms with Crippen LogP contribution in [0, 0.1) is 0 Å². The molecule has 24 heavy (non-hydrogen) atoms. The molecule has 2 aliphatic heterocycles. The van der Waals surface area contributed by atoms with Crippen LogP contribution in [0.15, 0.2) is 0 Å². The number of esters is 2. The van der Waals surface area contributed by atoms with Crippen molar-refractivity contribution in [1.29, 1.82) is 0 Å². The summed E-state index contributed by atoms with van der Waals surface area (Å²) in [5.41, 5.74) is 0. The number of nitrogens with zero attached hydrogens (tertiary/aromatic N) is 1. The Kier molecular flexibility index (Phi) is 4.99. The first-order valence-corrected chi connectivity index (χ1v) is 7.11. The maximum atomic E-state index is 12.5. The quantitative estimate of drug-likeness (QED) is 0.673. The first kappa shape index (κ1) is 18.0. The van der Waals surface area contributed by atoms with Crippen molar-refractivity contribution in [2.24, 2.45) is 0 Å². The monoisotopic (exact) mass is 352 g/mol. The molecule has 0 aromatic carbocycles. The van der Waals surface area contributed by atoms with E-state index < -0.39 is 54.7 Å². The second-order valence-corrected chi connectivity index (χ2v) is 5.39. The van der Waals surface area contributed by atoms with Crippen LogP contribution in [0.5, 0.6) is 0 Å². The molecule has 3 atom stereocenters. The van der Waals surface area contributed by atoms with Gasteiger partial charge in [0.2, 0.25) is 5.91 Å². The Labute approximate surface area is 134 Å². The molecule has 1 unspecified atom stereocenters. The Hall–Kier alpha value is -2.33. The summed E-state index contributed by atoms with van der Waals surface area (Å²) in [4.78, 5) is 48.3. The third-order valence-corrected chi connectivity index (χ3v) is 3.88. The summed E-state index contributed by atoms with van der Waals surface area (Å²) >= 11 is 0. The third kappa shape index (κ3) is 3.44. The highest BCUT2D eigenvalue weighted by atomic mass is 19.4. The highest BCUT2D eigenvalue weighted by molar-refractivity contribution is 5.96. The number of alkyl halides is 3. The van der Waals surface area contributed by atoms with Crippen LogP contribution in [0.25, 0.3) is 0 Å². The molecule has 2 heterocycles. The zero-order chi connectivity index (χ0) is 18.1. The molecule has 8 nitrogen and oxygen atoms in total. The number of hydrogen-bond donors (Lipinski definition) is 1. The smallest absolute Gasteiger partial charge is 0.467 e. The number of piperidine rings is 1. The van der Waals surface area contributed by atoms with Gasteiger partial charge in [0.25, 0.3) is 0 Å². The minimum Gasteiger partial charge on any atom is -0.467 e. The highest BCUT2D eigenvalue weighted by Crippen LogP contribution is 2.28. The minimum absolute atomic E-state index is 0.197. The van der Waals surface area contributed by atoms with E-state index >= 15 is 0 Å². The zero-order valence-corrected chi connectivity index (χ0v) is 12.6. The summed E-state index contributed by atoms with van der Waals surface area (Å²) in [5, 5.41) is 1.50. The number of hydrogen-bond acceptors (Lipinski definition) is 6. The number of carbonyl (C=O) groups excluding carboxylic acids is 4. The van der Waals surface area contributed by atoms with Crippen molar-refractivity contribution in [3.05, 3.63) is 0 Å². The van der Waals surface area contributed by atoms with E-state index in [1.165, 1.54) is 5.32 Å². The van der Waals surface area contributed by atoms with Gasteiger partial charge in [0, 0.05) is 0 Å². The largest absolute Gasteiger partial charge is 0.471 e. The summed E-state index contributed by atoms with van der Waals surface area (Å²) < 4.78 is 46.5. The second kappa shape index (κ2) is 6.65. The molecule has 2 saturated heterocycles. The lowest BCUT2D eigenvalue weighted by Gasteiger charge is -2.38. The molecular formula is C13H15F3N2O6. The topological polar surface area (TPSA) is 102 Å². The van der Waals surface area contributed by atoms with Crippen LogP contribution in [0.4, 0.5) is 13.2 Å². The van der Waals surface area contributed by atoms with E-state index in [0.717, 1.165) is 12.0 Å². The number of halogens is 3. The number of cyclic esters (lactones) is 1. The number of nitrogens with one attached hydrogen (secondary N) is 1. The molecule has 0 saturated carbocycles. The van der Waals surface area contributed by atoms with Crippen molar-refractivity contribution in [2.75, 3.05) is 13.7 Å². The Morgan fingerprint density at radius 3 is 2.54 bits per heavy atom. The number of ether oxygens (including phenoxy) is 2. The standard InChI is InChI=1S/C13H15F3N2O6/c1-23-10(20)7-3-2-4-8-11(21)24-5-6(9(19)18(7)8)17-12(22)13(14,15)16/h6-8H,2-5H2,1H3,(H,17,22)/t6-,7-,8?/m0/s1. The van der Waals surface area contributed by atoms with Gasteiger partial charge >= 0.3 is 24.0 Å². The lowest BCUT2D eigenvalue weighted by atomic mass is 9.95. The molecule has 11 heteroatoms. The molecule has 0 spiro atoms. The van der Waals surface area contributed by atoms with Gasteiger partial charge in [-0.15, -0.1) is 0 Å². The third-order valence-electron chi connectivity index (χ3n) is 3.88. The Balaban J connectivity index is 2.28. The lowest BCUT2D eigenvalue weighted by molar-refractivity contribution is -0.175. The second-order valence-electron chi connectivity index (χ2n) is 5.39. The van der Waals surface area contributed by atoms with E-state index in [9.17, 15) is 32.3 Å². The Morgan fingerprint density at radius 2 is 1.96 bits per heavy atom. The maximum Gasteiger partial charge on any atom is 0.471 e. The zero-order valence-electron chi connectivity index (χ0n) is 12.6. The number of amides is 2. The van der Waals surface area contributed by atoms with Gasteiger partial charge in [-0.25, -0.2) is 9.59 Å². The predicted molar refractivity (Wildman–Crippen MR) is 69.2 cm³/mol. The lowest BCUT2D eigenvalue weighted by Crippen LogP contribution is -2.60. The predicted octanol–water partition coefficient (Wildman–Crippen LogP) is -0.487. The molecule has 0 radical (unpaired) electrons. The number of fused-ring (bicyclic) bond motifs is 1. The van der Waals surface area contributed by atoms with Crippen molar-refractivity contribution in [2.45, 2.75) is 43.6 Å². The van der Waals surface area contributed by atoms with Crippen molar-refractivity contribution >= 4 is 23.8 Å². The van der Waals surface area contributed by atoms with E-state index in [2.05, 4.69) is 4.74 Å². The molecular weight excluding hydrogens is 337 g/mol. The van der Waals surface area contributed by atoms with Crippen LogP contribution >= 0.6 is 0 Å². The van der Waals surface area contributed by atoms with Gasteiger partial charge in [0.05, 0.1) is 7.11 Å². The maximum absolute atomic E-state index is 12.5. The summed E-state index contributed by atoms with van der Waals surface area (Å²) in [7, 11) is 1.09. The Bertz CT molecular complexity index is 564. The van der Waals surface area contributed by atoms with Gasteiger partial charge in [-0.05, 0) is 19.3 Å². The number of carbonyl (C=O) groups is 4. The van der Waals surface area contributed by atoms with Gasteiger partial charge in [0.1, 0.15) is 24.7 Å². The molecule has 2 rings (SSSR count). The fourth-order valence-corrected chi connectivity index (χ4v) is 2.76. The number of methoxy groups -OCH3 is 1. The van der Waals surface area contributed by atoms with Crippen LogP contribution in [-0.2, 0) is 28.7 Å². The number of rotatable bonds is 2. The van der Waals surface area contributed by atoms with Crippen molar-refractivity contribution in [3.63, 3.8) is 0 Å². The Morgan fingerprint density at radius 1 is 1.29 bits per heavy atom. The van der Waals surface area contributed by atoms with Gasteiger partial charge in [-0.2, -0.15) is 13.2 Å². The SMILES string of the molecule is COC(=O)[C@@H]1CCCC2C(=O)OC[C@H](NC(=O)C(F)(F)F)C(=O)N21. The molecule has 2 aliphatic rings. The van der Waals surface area contributed by atoms with Crippen LogP contribution in [0.1, 0.15) is 19.3 Å². The molecule has 2 amide bonds. The van der Waals surface area contributed by atoms with Gasteiger partial charge in [0.15, 0.2) is 0 Å². The normalized spacial score (nSPS) is 27.7. The van der Waals surface area contributed by atoms with Crippen LogP contribution in [0.2, 0.25) is 0 Å². The fourth-order valence-electron chi connectivity index (χ4n) is 2.76. The highest BCUT2D eigenvalue weighted by Gasteiger charge is 2.49. The van der Waals surface area contributed by atoms with Gasteiger partial charge < -0.3 is 19.7 Å². The first-order valence-electron chi connectivity index (χ1n) is 7.11. The molecule has 0 aromatic rings. The molecule has 134 valence electrons. The average molecular weight is 352 g/mol. The van der Waals surface area contributed by atoms with Crippen LogP contribution in [0.3, 0.4) is 0 Å².